The molecule has 0 bridgehead atoms. The predicted octanol–water partition coefficient (Wildman–Crippen LogP) is 1.35. The molecule has 1 fully saturated rings. The Kier molecular flexibility index (Phi) is 3.87. The van der Waals surface area contributed by atoms with Crippen LogP contribution in [-0.4, -0.2) is 48.1 Å². The number of piperazine rings is 1. The molecule has 2 aromatic rings. The van der Waals surface area contributed by atoms with Crippen LogP contribution in [0.15, 0.2) is 30.5 Å². The Balaban J connectivity index is 1.66. The molecule has 6 heteroatoms. The minimum absolute atomic E-state index is 0.335. The van der Waals surface area contributed by atoms with Crippen LogP contribution in [0.4, 0.5) is 23.1 Å². The lowest BCUT2D eigenvalue weighted by molar-refractivity contribution is 0.313. The fourth-order valence-corrected chi connectivity index (χ4v) is 2.34. The maximum absolute atomic E-state index is 5.59. The second kappa shape index (κ2) is 5.97. The third-order valence-corrected chi connectivity index (χ3v) is 3.62. The molecule has 3 N–H and O–H groups in total. The minimum Gasteiger partial charge on any atom is -0.383 e. The molecule has 0 unspecified atom stereocenters. The fourth-order valence-electron chi connectivity index (χ4n) is 2.34. The molecule has 0 aliphatic carbocycles. The second-order valence-corrected chi connectivity index (χ2v) is 5.19. The summed E-state index contributed by atoms with van der Waals surface area (Å²) in [6.45, 7) is 4.34. The van der Waals surface area contributed by atoms with Crippen LogP contribution in [0.25, 0.3) is 0 Å². The van der Waals surface area contributed by atoms with E-state index >= 15 is 0 Å². The summed E-state index contributed by atoms with van der Waals surface area (Å²) in [5.74, 6) is 0.820. The van der Waals surface area contributed by atoms with Crippen LogP contribution in [-0.2, 0) is 0 Å². The SMILES string of the molecule is CN1CCN(c2ccc(Nc3nc[c]c(N)n3)cc2)CC1. The van der Waals surface area contributed by atoms with Crippen LogP contribution >= 0.6 is 0 Å². The zero-order valence-corrected chi connectivity index (χ0v) is 12.1. The van der Waals surface area contributed by atoms with E-state index in [0.717, 1.165) is 31.9 Å². The molecular formula is C15H19N6. The smallest absolute Gasteiger partial charge is 0.229 e. The van der Waals surface area contributed by atoms with Crippen molar-refractivity contribution >= 4 is 23.1 Å². The Morgan fingerprint density at radius 2 is 1.86 bits per heavy atom. The minimum atomic E-state index is 0.335. The average molecular weight is 283 g/mol. The van der Waals surface area contributed by atoms with Crippen molar-refractivity contribution in [3.05, 3.63) is 36.5 Å². The van der Waals surface area contributed by atoms with Crippen LogP contribution in [0.1, 0.15) is 0 Å². The molecule has 1 aliphatic rings. The van der Waals surface area contributed by atoms with Gasteiger partial charge in [-0.05, 0) is 31.3 Å². The van der Waals surface area contributed by atoms with E-state index in [9.17, 15) is 0 Å². The van der Waals surface area contributed by atoms with E-state index < -0.39 is 0 Å². The van der Waals surface area contributed by atoms with Crippen LogP contribution in [0, 0.1) is 6.07 Å². The Bertz CT molecular complexity index is 589. The molecule has 1 saturated heterocycles. The summed E-state index contributed by atoms with van der Waals surface area (Å²) in [5, 5.41) is 3.13. The van der Waals surface area contributed by atoms with Gasteiger partial charge in [-0.1, -0.05) is 0 Å². The van der Waals surface area contributed by atoms with Crippen LogP contribution in [0.3, 0.4) is 0 Å². The van der Waals surface area contributed by atoms with Crippen molar-refractivity contribution < 1.29 is 0 Å². The summed E-state index contributed by atoms with van der Waals surface area (Å²) < 4.78 is 0. The topological polar surface area (TPSA) is 70.3 Å². The van der Waals surface area contributed by atoms with E-state index in [0.29, 0.717) is 11.8 Å². The number of hydrogen-bond donors (Lipinski definition) is 2. The number of nitrogens with one attached hydrogen (secondary N) is 1. The summed E-state index contributed by atoms with van der Waals surface area (Å²) >= 11 is 0. The van der Waals surface area contributed by atoms with E-state index in [2.05, 4.69) is 50.3 Å². The lowest BCUT2D eigenvalue weighted by Gasteiger charge is -2.34. The molecule has 21 heavy (non-hydrogen) atoms. The molecular weight excluding hydrogens is 264 g/mol. The fraction of sp³-hybridized carbons (Fsp3) is 0.333. The van der Waals surface area contributed by atoms with Crippen molar-refractivity contribution in [3.63, 3.8) is 0 Å². The molecule has 1 radical (unpaired) electrons. The third-order valence-electron chi connectivity index (χ3n) is 3.62. The average Bonchev–Trinajstić information content (AvgIpc) is 2.49. The maximum atomic E-state index is 5.59. The highest BCUT2D eigenvalue weighted by molar-refractivity contribution is 5.59. The van der Waals surface area contributed by atoms with Gasteiger partial charge in [-0.2, -0.15) is 4.98 Å². The number of nitrogens with zero attached hydrogens (tertiary/aromatic N) is 4. The molecule has 6 nitrogen and oxygen atoms in total. The first-order valence-corrected chi connectivity index (χ1v) is 7.01. The van der Waals surface area contributed by atoms with Gasteiger partial charge in [0.25, 0.3) is 0 Å². The summed E-state index contributed by atoms with van der Waals surface area (Å²) in [6, 6.07) is 11.0. The Labute approximate surface area is 124 Å². The molecule has 109 valence electrons. The lowest BCUT2D eigenvalue weighted by atomic mass is 10.2. The summed E-state index contributed by atoms with van der Waals surface area (Å²) in [7, 11) is 2.16. The van der Waals surface area contributed by atoms with Crippen LogP contribution < -0.4 is 16.0 Å². The molecule has 1 aliphatic heterocycles. The van der Waals surface area contributed by atoms with Gasteiger partial charge in [0, 0.05) is 49.8 Å². The molecule has 2 heterocycles. The van der Waals surface area contributed by atoms with E-state index in [1.165, 1.54) is 11.9 Å². The van der Waals surface area contributed by atoms with Crippen molar-refractivity contribution in [2.75, 3.05) is 49.2 Å². The van der Waals surface area contributed by atoms with Gasteiger partial charge in [-0.25, -0.2) is 4.98 Å². The zero-order valence-electron chi connectivity index (χ0n) is 12.1. The standard InChI is InChI=1S/C15H19N6/c1-20-8-10-21(11-9-20)13-4-2-12(3-5-13)18-15-17-7-6-14(16)19-15/h2-5,7H,8-11H2,1H3,(H3,16,17,18,19). The summed E-state index contributed by atoms with van der Waals surface area (Å²) in [4.78, 5) is 12.9. The van der Waals surface area contributed by atoms with Crippen molar-refractivity contribution in [1.82, 2.24) is 14.9 Å². The normalized spacial score (nSPS) is 16.0. The van der Waals surface area contributed by atoms with Gasteiger partial charge in [0.1, 0.15) is 5.82 Å². The highest BCUT2D eigenvalue weighted by Crippen LogP contribution is 2.20. The summed E-state index contributed by atoms with van der Waals surface area (Å²) in [5.41, 5.74) is 7.78. The van der Waals surface area contributed by atoms with Gasteiger partial charge in [0.05, 0.1) is 0 Å². The Hall–Kier alpha value is -2.34. The third kappa shape index (κ3) is 3.41. The van der Waals surface area contributed by atoms with E-state index in [1.54, 1.807) is 0 Å². The number of nitrogen functional groups attached to an aromatic ring is 1. The first-order chi connectivity index (χ1) is 10.2. The van der Waals surface area contributed by atoms with Crippen LogP contribution in [0.2, 0.25) is 0 Å². The van der Waals surface area contributed by atoms with Gasteiger partial charge in [0.2, 0.25) is 5.95 Å². The largest absolute Gasteiger partial charge is 0.383 e. The van der Waals surface area contributed by atoms with Crippen molar-refractivity contribution in [1.29, 1.82) is 0 Å². The molecule has 0 saturated carbocycles. The molecule has 1 aromatic carbocycles. The van der Waals surface area contributed by atoms with Crippen LogP contribution in [0.5, 0.6) is 0 Å². The van der Waals surface area contributed by atoms with Gasteiger partial charge in [0.15, 0.2) is 0 Å². The van der Waals surface area contributed by atoms with Crippen molar-refractivity contribution in [3.8, 4) is 0 Å². The summed E-state index contributed by atoms with van der Waals surface area (Å²) in [6.07, 6.45) is 1.52. The quantitative estimate of drug-likeness (QED) is 0.886. The van der Waals surface area contributed by atoms with Gasteiger partial charge < -0.3 is 20.9 Å². The lowest BCUT2D eigenvalue weighted by Crippen LogP contribution is -2.44. The van der Waals surface area contributed by atoms with E-state index in [4.69, 9.17) is 5.73 Å². The molecule has 0 amide bonds. The number of nitrogens with two attached hydrogens (primary N) is 1. The first kappa shape index (κ1) is 13.6. The number of benzene rings is 1. The number of rotatable bonds is 3. The molecule has 1 aromatic heterocycles. The number of hydrogen-bond acceptors (Lipinski definition) is 6. The highest BCUT2D eigenvalue weighted by Gasteiger charge is 2.13. The van der Waals surface area contributed by atoms with Gasteiger partial charge >= 0.3 is 0 Å². The number of anilines is 4. The van der Waals surface area contributed by atoms with E-state index in [-0.39, 0.29) is 0 Å². The number of likely N-dealkylation sites (N-methyl/N-ethyl adjacent to an activating group) is 1. The first-order valence-electron chi connectivity index (χ1n) is 7.01. The zero-order chi connectivity index (χ0) is 14.7. The van der Waals surface area contributed by atoms with Crippen molar-refractivity contribution in [2.24, 2.45) is 0 Å². The van der Waals surface area contributed by atoms with Crippen molar-refractivity contribution in [2.45, 2.75) is 0 Å². The Morgan fingerprint density at radius 1 is 1.14 bits per heavy atom. The van der Waals surface area contributed by atoms with Gasteiger partial charge in [-0.15, -0.1) is 0 Å². The predicted molar refractivity (Wildman–Crippen MR) is 84.7 cm³/mol. The second-order valence-electron chi connectivity index (χ2n) is 5.19. The molecule has 0 spiro atoms. The van der Waals surface area contributed by atoms with E-state index in [1.807, 2.05) is 12.1 Å². The van der Waals surface area contributed by atoms with Gasteiger partial charge in [-0.3, -0.25) is 0 Å². The monoisotopic (exact) mass is 283 g/mol. The molecule has 3 rings (SSSR count). The highest BCUT2D eigenvalue weighted by atomic mass is 15.2. The number of aromatic nitrogens is 2. The molecule has 0 atom stereocenters. The maximum Gasteiger partial charge on any atom is 0.229 e. The Morgan fingerprint density at radius 3 is 2.52 bits per heavy atom.